The summed E-state index contributed by atoms with van der Waals surface area (Å²) in [5.74, 6) is -0.509. The van der Waals surface area contributed by atoms with E-state index in [0.717, 1.165) is 38.5 Å². The Hall–Kier alpha value is -1.87. The second-order valence-corrected chi connectivity index (χ2v) is 6.51. The van der Waals surface area contributed by atoms with Crippen molar-refractivity contribution in [3.8, 4) is 0 Å². The molecule has 0 amide bonds. The standard InChI is InChI=1S/C23H34O3/c1-3-5-17-23(19-14-11-15-20-23)18-13-10-8-6-7-9-12-16-21(24)22(25)26-4-2/h5-6,8,13-15,17-21,24H,3-4,7,9-12,16H2,1-2H3/b8-6-,17-5-,18-13-. The van der Waals surface area contributed by atoms with Gasteiger partial charge in [-0.1, -0.05) is 67.7 Å². The molecule has 0 bridgehead atoms. The SMILES string of the molecule is CC/C=C\C1(/C=C\C/C=C\CCCCC(O)C(=O)OCC)C=CCC=C1. The van der Waals surface area contributed by atoms with Crippen LogP contribution in [0, 0.1) is 5.41 Å². The minimum Gasteiger partial charge on any atom is -0.464 e. The number of ether oxygens (including phenoxy) is 1. The Morgan fingerprint density at radius 1 is 1.12 bits per heavy atom. The molecule has 1 aliphatic carbocycles. The van der Waals surface area contributed by atoms with Gasteiger partial charge in [0.25, 0.3) is 0 Å². The Morgan fingerprint density at radius 3 is 2.54 bits per heavy atom. The molecule has 0 aliphatic heterocycles. The van der Waals surface area contributed by atoms with Crippen LogP contribution in [0.5, 0.6) is 0 Å². The van der Waals surface area contributed by atoms with E-state index in [4.69, 9.17) is 4.74 Å². The molecule has 0 aromatic rings. The van der Waals surface area contributed by atoms with Crippen molar-refractivity contribution in [1.29, 1.82) is 0 Å². The molecule has 144 valence electrons. The Morgan fingerprint density at radius 2 is 1.85 bits per heavy atom. The summed E-state index contributed by atoms with van der Waals surface area (Å²) >= 11 is 0. The Bertz CT molecular complexity index is 526. The van der Waals surface area contributed by atoms with E-state index in [-0.39, 0.29) is 5.41 Å². The summed E-state index contributed by atoms with van der Waals surface area (Å²) in [6, 6.07) is 0. The van der Waals surface area contributed by atoms with Gasteiger partial charge in [0.05, 0.1) is 6.61 Å². The minimum atomic E-state index is -0.981. The summed E-state index contributed by atoms with van der Waals surface area (Å²) in [5, 5.41) is 9.61. The first-order valence-corrected chi connectivity index (χ1v) is 9.84. The van der Waals surface area contributed by atoms with Crippen LogP contribution in [-0.4, -0.2) is 23.8 Å². The molecule has 0 heterocycles. The van der Waals surface area contributed by atoms with Crippen LogP contribution >= 0.6 is 0 Å². The van der Waals surface area contributed by atoms with Crippen molar-refractivity contribution < 1.29 is 14.6 Å². The molecule has 3 heteroatoms. The average molecular weight is 359 g/mol. The topological polar surface area (TPSA) is 46.5 Å². The highest BCUT2D eigenvalue weighted by Gasteiger charge is 2.17. The number of carbonyl (C=O) groups is 1. The fourth-order valence-corrected chi connectivity index (χ4v) is 2.80. The lowest BCUT2D eigenvalue weighted by Gasteiger charge is -2.21. The van der Waals surface area contributed by atoms with Crippen molar-refractivity contribution in [2.75, 3.05) is 6.61 Å². The van der Waals surface area contributed by atoms with Crippen molar-refractivity contribution in [2.45, 2.75) is 64.9 Å². The molecule has 1 rings (SSSR count). The molecule has 0 saturated heterocycles. The first kappa shape index (κ1) is 22.2. The predicted octanol–water partition coefficient (Wildman–Crippen LogP) is 5.44. The van der Waals surface area contributed by atoms with Gasteiger partial charge in [-0.05, 0) is 51.9 Å². The van der Waals surface area contributed by atoms with Crippen LogP contribution in [0.1, 0.15) is 58.8 Å². The van der Waals surface area contributed by atoms with Gasteiger partial charge in [-0.25, -0.2) is 4.79 Å². The van der Waals surface area contributed by atoms with E-state index in [9.17, 15) is 9.90 Å². The molecular weight excluding hydrogens is 324 g/mol. The van der Waals surface area contributed by atoms with Crippen LogP contribution < -0.4 is 0 Å². The van der Waals surface area contributed by atoms with Gasteiger partial charge in [-0.2, -0.15) is 0 Å². The lowest BCUT2D eigenvalue weighted by molar-refractivity contribution is -0.153. The summed E-state index contributed by atoms with van der Waals surface area (Å²) < 4.78 is 4.78. The highest BCUT2D eigenvalue weighted by Crippen LogP contribution is 2.29. The lowest BCUT2D eigenvalue weighted by Crippen LogP contribution is -2.22. The van der Waals surface area contributed by atoms with Crippen molar-refractivity contribution in [3.63, 3.8) is 0 Å². The van der Waals surface area contributed by atoms with Gasteiger partial charge in [0, 0.05) is 5.41 Å². The normalized spacial score (nSPS) is 17.5. The van der Waals surface area contributed by atoms with Gasteiger partial charge >= 0.3 is 5.97 Å². The van der Waals surface area contributed by atoms with Crippen LogP contribution in [0.3, 0.4) is 0 Å². The van der Waals surface area contributed by atoms with Crippen molar-refractivity contribution in [1.82, 2.24) is 0 Å². The van der Waals surface area contributed by atoms with E-state index in [1.54, 1.807) is 6.92 Å². The third-order valence-electron chi connectivity index (χ3n) is 4.23. The summed E-state index contributed by atoms with van der Waals surface area (Å²) in [6.45, 7) is 4.21. The molecule has 0 aromatic heterocycles. The number of hydrogen-bond donors (Lipinski definition) is 1. The van der Waals surface area contributed by atoms with Crippen molar-refractivity contribution in [2.24, 2.45) is 5.41 Å². The van der Waals surface area contributed by atoms with Gasteiger partial charge in [0.15, 0.2) is 6.10 Å². The third-order valence-corrected chi connectivity index (χ3v) is 4.23. The fraction of sp³-hybridized carbons (Fsp3) is 0.522. The summed E-state index contributed by atoms with van der Waals surface area (Å²) in [6.07, 6.45) is 27.4. The van der Waals surface area contributed by atoms with Crippen LogP contribution in [-0.2, 0) is 9.53 Å². The number of carbonyl (C=O) groups excluding carboxylic acids is 1. The molecule has 1 aliphatic rings. The van der Waals surface area contributed by atoms with Gasteiger partial charge in [0.2, 0.25) is 0 Å². The Kier molecular flexibility index (Phi) is 11.4. The number of unbranched alkanes of at least 4 members (excludes halogenated alkanes) is 2. The molecule has 0 spiro atoms. The van der Waals surface area contributed by atoms with E-state index in [0.29, 0.717) is 13.0 Å². The second kappa shape index (κ2) is 13.3. The van der Waals surface area contributed by atoms with Crippen LogP contribution in [0.15, 0.2) is 60.8 Å². The summed E-state index contributed by atoms with van der Waals surface area (Å²) in [7, 11) is 0. The smallest absolute Gasteiger partial charge is 0.334 e. The highest BCUT2D eigenvalue weighted by atomic mass is 16.5. The van der Waals surface area contributed by atoms with Gasteiger partial charge < -0.3 is 9.84 Å². The van der Waals surface area contributed by atoms with Crippen molar-refractivity contribution >= 4 is 5.97 Å². The molecule has 1 N–H and O–H groups in total. The molecule has 0 radical (unpaired) electrons. The zero-order valence-corrected chi connectivity index (χ0v) is 16.3. The number of hydrogen-bond acceptors (Lipinski definition) is 3. The lowest BCUT2D eigenvalue weighted by atomic mass is 9.83. The first-order valence-electron chi connectivity index (χ1n) is 9.84. The number of aliphatic hydroxyl groups excluding tert-OH is 1. The summed E-state index contributed by atoms with van der Waals surface area (Å²) in [5.41, 5.74) is -0.0642. The zero-order valence-electron chi connectivity index (χ0n) is 16.3. The highest BCUT2D eigenvalue weighted by molar-refractivity contribution is 5.74. The van der Waals surface area contributed by atoms with Gasteiger partial charge in [-0.3, -0.25) is 0 Å². The van der Waals surface area contributed by atoms with Crippen LogP contribution in [0.4, 0.5) is 0 Å². The van der Waals surface area contributed by atoms with E-state index in [1.807, 2.05) is 0 Å². The summed E-state index contributed by atoms with van der Waals surface area (Å²) in [4.78, 5) is 11.3. The number of esters is 1. The van der Waals surface area contributed by atoms with Gasteiger partial charge in [0.1, 0.15) is 0 Å². The average Bonchev–Trinajstić information content (AvgIpc) is 2.66. The fourth-order valence-electron chi connectivity index (χ4n) is 2.80. The molecule has 26 heavy (non-hydrogen) atoms. The molecular formula is C23H34O3. The van der Waals surface area contributed by atoms with E-state index in [1.165, 1.54) is 0 Å². The van der Waals surface area contributed by atoms with Crippen LogP contribution in [0.2, 0.25) is 0 Å². The van der Waals surface area contributed by atoms with Crippen LogP contribution in [0.25, 0.3) is 0 Å². The molecule has 1 atom stereocenters. The van der Waals surface area contributed by atoms with E-state index < -0.39 is 12.1 Å². The molecule has 3 nitrogen and oxygen atoms in total. The predicted molar refractivity (Wildman–Crippen MR) is 109 cm³/mol. The quantitative estimate of drug-likeness (QED) is 0.287. The monoisotopic (exact) mass is 358 g/mol. The maximum Gasteiger partial charge on any atom is 0.334 e. The minimum absolute atomic E-state index is 0.0642. The van der Waals surface area contributed by atoms with E-state index in [2.05, 4.69) is 67.7 Å². The third kappa shape index (κ3) is 9.00. The second-order valence-electron chi connectivity index (χ2n) is 6.51. The maximum atomic E-state index is 11.3. The number of aliphatic hydroxyl groups is 1. The van der Waals surface area contributed by atoms with E-state index >= 15 is 0 Å². The largest absolute Gasteiger partial charge is 0.464 e. The first-order chi connectivity index (χ1) is 12.6. The molecule has 0 fully saturated rings. The number of rotatable bonds is 12. The van der Waals surface area contributed by atoms with Gasteiger partial charge in [-0.15, -0.1) is 0 Å². The molecule has 1 unspecified atom stereocenters. The number of allylic oxidation sites excluding steroid dienone is 10. The zero-order chi connectivity index (χ0) is 19.1. The Balaban J connectivity index is 2.25. The maximum absolute atomic E-state index is 11.3. The Labute approximate surface area is 158 Å². The molecule has 0 saturated carbocycles. The van der Waals surface area contributed by atoms with Crippen molar-refractivity contribution in [3.05, 3.63) is 60.8 Å². The molecule has 0 aromatic carbocycles.